The summed E-state index contributed by atoms with van der Waals surface area (Å²) >= 11 is 0. The van der Waals surface area contributed by atoms with Gasteiger partial charge in [-0.05, 0) is 54.1 Å². The van der Waals surface area contributed by atoms with Gasteiger partial charge in [-0.1, -0.05) is 18.2 Å². The van der Waals surface area contributed by atoms with Gasteiger partial charge >= 0.3 is 11.9 Å². The number of pyridine rings is 1. The van der Waals surface area contributed by atoms with Crippen LogP contribution in [0.1, 0.15) is 26.2 Å². The van der Waals surface area contributed by atoms with Crippen LogP contribution in [0, 0.1) is 11.3 Å². The maximum absolute atomic E-state index is 13.0. The number of ether oxygens (including phenoxy) is 2. The summed E-state index contributed by atoms with van der Waals surface area (Å²) in [7, 11) is 1.31. The molecule has 1 aliphatic rings. The van der Waals surface area contributed by atoms with Crippen molar-refractivity contribution in [3.8, 4) is 5.75 Å². The molecule has 0 amide bonds. The van der Waals surface area contributed by atoms with E-state index in [9.17, 15) is 9.59 Å². The second-order valence-corrected chi connectivity index (χ2v) is 7.51. The zero-order chi connectivity index (χ0) is 21.1. The molecule has 1 aliphatic carbocycles. The number of esters is 1. The number of hydrogen-bond acceptors (Lipinski definition) is 8. The molecule has 0 N–H and O–H groups in total. The molecule has 30 heavy (non-hydrogen) atoms. The van der Waals surface area contributed by atoms with Crippen LogP contribution in [0.5, 0.6) is 5.75 Å². The van der Waals surface area contributed by atoms with Crippen molar-refractivity contribution in [3.63, 3.8) is 0 Å². The highest BCUT2D eigenvalue weighted by molar-refractivity contribution is 5.85. The molecule has 0 spiro atoms. The average Bonchev–Trinajstić information content (AvgIpc) is 3.16. The highest BCUT2D eigenvalue weighted by Crippen LogP contribution is 2.43. The number of rotatable bonds is 5. The Morgan fingerprint density at radius 1 is 1.13 bits per heavy atom. The zero-order valence-corrected chi connectivity index (χ0v) is 16.7. The molecule has 4 rings (SSSR count). The van der Waals surface area contributed by atoms with Gasteiger partial charge in [0.1, 0.15) is 11.3 Å². The summed E-state index contributed by atoms with van der Waals surface area (Å²) in [6, 6.07) is 12.8. The van der Waals surface area contributed by atoms with E-state index in [-0.39, 0.29) is 6.10 Å². The summed E-state index contributed by atoms with van der Waals surface area (Å²) in [6.07, 6.45) is 2.65. The van der Waals surface area contributed by atoms with E-state index in [4.69, 9.17) is 14.3 Å². The molecule has 156 valence electrons. The van der Waals surface area contributed by atoms with Crippen LogP contribution in [-0.2, 0) is 14.3 Å². The summed E-state index contributed by atoms with van der Waals surface area (Å²) in [5.41, 5.74) is -0.277. The van der Waals surface area contributed by atoms with Gasteiger partial charge in [-0.2, -0.15) is 0 Å². The molecule has 1 saturated carbocycles. The fourth-order valence-corrected chi connectivity index (χ4v) is 3.97. The van der Waals surface area contributed by atoms with E-state index in [1.807, 2.05) is 30.3 Å². The van der Waals surface area contributed by atoms with Gasteiger partial charge in [-0.25, -0.2) is 9.78 Å². The van der Waals surface area contributed by atoms with Gasteiger partial charge in [-0.15, -0.1) is 5.10 Å². The van der Waals surface area contributed by atoms with Crippen LogP contribution in [0.25, 0.3) is 11.2 Å². The van der Waals surface area contributed by atoms with Crippen LogP contribution >= 0.6 is 0 Å². The van der Waals surface area contributed by atoms with Gasteiger partial charge in [-0.3, -0.25) is 4.79 Å². The minimum atomic E-state index is -1.10. The first-order valence-corrected chi connectivity index (χ1v) is 9.70. The highest BCUT2D eigenvalue weighted by atomic mass is 16.7. The Labute approximate surface area is 172 Å². The molecule has 9 heteroatoms. The number of carbonyl (C=O) groups is 2. The number of carbonyl (C=O) groups excluding carboxylic acids is 2. The predicted octanol–water partition coefficient (Wildman–Crippen LogP) is 2.21. The molecule has 0 unspecified atom stereocenters. The zero-order valence-electron chi connectivity index (χ0n) is 16.7. The van der Waals surface area contributed by atoms with E-state index in [0.717, 1.165) is 10.6 Å². The second-order valence-electron chi connectivity index (χ2n) is 7.51. The molecule has 1 aromatic carbocycles. The molecule has 2 aromatic heterocycles. The molecule has 0 radical (unpaired) electrons. The normalized spacial score (nSPS) is 23.7. The van der Waals surface area contributed by atoms with Gasteiger partial charge in [0.2, 0.25) is 5.65 Å². The van der Waals surface area contributed by atoms with Crippen molar-refractivity contribution in [1.82, 2.24) is 20.1 Å². The van der Waals surface area contributed by atoms with Gasteiger partial charge in [0.15, 0.2) is 0 Å². The van der Waals surface area contributed by atoms with E-state index in [2.05, 4.69) is 15.3 Å². The minimum Gasteiger partial charge on any atom is -0.490 e. The Kier molecular flexibility index (Phi) is 5.35. The summed E-state index contributed by atoms with van der Waals surface area (Å²) in [6.45, 7) is 1.71. The quantitative estimate of drug-likeness (QED) is 0.466. The number of hydrogen-bond donors (Lipinski definition) is 0. The van der Waals surface area contributed by atoms with Crippen molar-refractivity contribution < 1.29 is 23.9 Å². The lowest BCUT2D eigenvalue weighted by Gasteiger charge is -2.40. The van der Waals surface area contributed by atoms with E-state index in [1.54, 1.807) is 25.3 Å². The van der Waals surface area contributed by atoms with Crippen molar-refractivity contribution in [1.29, 1.82) is 0 Å². The minimum absolute atomic E-state index is 0.227. The number of para-hydroxylation sites is 1. The lowest BCUT2D eigenvalue weighted by atomic mass is 9.66. The lowest BCUT2D eigenvalue weighted by molar-refractivity contribution is -0.173. The Balaban J connectivity index is 1.54. The second kappa shape index (κ2) is 8.10. The molecule has 2 heterocycles. The van der Waals surface area contributed by atoms with Gasteiger partial charge in [0.25, 0.3) is 0 Å². The average molecular weight is 410 g/mol. The highest BCUT2D eigenvalue weighted by Gasteiger charge is 2.52. The summed E-state index contributed by atoms with van der Waals surface area (Å²) in [5.74, 6) is -1.06. The number of fused-ring (bicyclic) bond motifs is 1. The smallest absolute Gasteiger partial charge is 0.339 e. The number of benzene rings is 1. The van der Waals surface area contributed by atoms with E-state index >= 15 is 0 Å². The third-order valence-electron chi connectivity index (χ3n) is 5.54. The van der Waals surface area contributed by atoms with Crippen molar-refractivity contribution >= 4 is 23.1 Å². The van der Waals surface area contributed by atoms with Crippen LogP contribution in [0.4, 0.5) is 0 Å². The maximum atomic E-state index is 13.0. The fourth-order valence-electron chi connectivity index (χ4n) is 3.97. The van der Waals surface area contributed by atoms with Crippen molar-refractivity contribution in [2.75, 3.05) is 7.11 Å². The van der Waals surface area contributed by atoms with Gasteiger partial charge in [0, 0.05) is 12.6 Å². The third-order valence-corrected chi connectivity index (χ3v) is 5.54. The monoisotopic (exact) mass is 410 g/mol. The standard InChI is InChI=1S/C21H22N4O5/c1-21(20(27)28-2)13-15(29-14-7-4-3-5-8-14)10-11-16(21)19(26)30-25-18-17(23-24-25)9-6-12-22-18/h3-9,12,15-16H,10-11,13H2,1-2H3/t15-,16-,21-/m0/s1. The Hall–Kier alpha value is -3.49. The molecule has 0 aliphatic heterocycles. The van der Waals surface area contributed by atoms with Crippen LogP contribution in [0.3, 0.4) is 0 Å². The van der Waals surface area contributed by atoms with E-state index < -0.39 is 23.3 Å². The first kappa shape index (κ1) is 19.8. The molecule has 9 nitrogen and oxygen atoms in total. The fraction of sp³-hybridized carbons (Fsp3) is 0.381. The molecular formula is C21H22N4O5. The molecule has 3 aromatic rings. The maximum Gasteiger partial charge on any atom is 0.339 e. The number of methoxy groups -OCH3 is 1. The number of aromatic nitrogens is 4. The SMILES string of the molecule is COC(=O)[C@@]1(C)C[C@@H](Oc2ccccc2)CC[C@H]1C(=O)On1nnc2cccnc21. The van der Waals surface area contributed by atoms with Crippen LogP contribution in [0.2, 0.25) is 0 Å². The predicted molar refractivity (Wildman–Crippen MR) is 105 cm³/mol. The van der Waals surface area contributed by atoms with Crippen LogP contribution < -0.4 is 9.57 Å². The number of nitrogens with zero attached hydrogens (tertiary/aromatic N) is 4. The van der Waals surface area contributed by atoms with Crippen molar-refractivity contribution in [3.05, 3.63) is 48.7 Å². The van der Waals surface area contributed by atoms with Crippen LogP contribution in [-0.4, -0.2) is 45.3 Å². The van der Waals surface area contributed by atoms with Crippen LogP contribution in [0.15, 0.2) is 48.7 Å². The largest absolute Gasteiger partial charge is 0.490 e. The topological polar surface area (TPSA) is 105 Å². The summed E-state index contributed by atoms with van der Waals surface area (Å²) < 4.78 is 11.1. The lowest BCUT2D eigenvalue weighted by Crippen LogP contribution is -2.50. The Bertz CT molecular complexity index is 1050. The molecular weight excluding hydrogens is 388 g/mol. The molecule has 1 fully saturated rings. The summed E-state index contributed by atoms with van der Waals surface area (Å²) in [5, 5.41) is 7.76. The Morgan fingerprint density at radius 2 is 1.93 bits per heavy atom. The van der Waals surface area contributed by atoms with E-state index in [0.29, 0.717) is 30.4 Å². The van der Waals surface area contributed by atoms with Crippen molar-refractivity contribution in [2.45, 2.75) is 32.3 Å². The molecule has 0 saturated heterocycles. The first-order chi connectivity index (χ1) is 14.5. The summed E-state index contributed by atoms with van der Waals surface area (Å²) in [4.78, 5) is 36.3. The van der Waals surface area contributed by atoms with Gasteiger partial charge in [0.05, 0.1) is 24.5 Å². The van der Waals surface area contributed by atoms with E-state index in [1.165, 1.54) is 7.11 Å². The first-order valence-electron chi connectivity index (χ1n) is 9.70. The third kappa shape index (κ3) is 3.70. The molecule has 0 bridgehead atoms. The van der Waals surface area contributed by atoms with Crippen molar-refractivity contribution in [2.24, 2.45) is 11.3 Å². The Morgan fingerprint density at radius 3 is 2.70 bits per heavy atom. The van der Waals surface area contributed by atoms with Gasteiger partial charge < -0.3 is 14.3 Å². The molecule has 3 atom stereocenters.